The van der Waals surface area contributed by atoms with Crippen LogP contribution in [0.25, 0.3) is 0 Å². The summed E-state index contributed by atoms with van der Waals surface area (Å²) in [6.45, 7) is 2.52. The van der Waals surface area contributed by atoms with Crippen molar-refractivity contribution in [2.24, 2.45) is 5.92 Å². The van der Waals surface area contributed by atoms with Crippen LogP contribution in [0.2, 0.25) is 0 Å². The molecule has 2 fully saturated rings. The molecular weight excluding hydrogens is 334 g/mol. The highest BCUT2D eigenvalue weighted by atomic mass is 16.5. The van der Waals surface area contributed by atoms with Crippen molar-refractivity contribution in [1.29, 1.82) is 0 Å². The van der Waals surface area contributed by atoms with Crippen molar-refractivity contribution < 1.29 is 9.84 Å². The lowest BCUT2D eigenvalue weighted by Crippen LogP contribution is -2.43. The Kier molecular flexibility index (Phi) is 4.55. The highest BCUT2D eigenvalue weighted by molar-refractivity contribution is 5.44. The van der Waals surface area contributed by atoms with Crippen molar-refractivity contribution in [1.82, 2.24) is 4.90 Å². The molecule has 5 rings (SSSR count). The minimum Gasteiger partial charge on any atom is -0.396 e. The van der Waals surface area contributed by atoms with E-state index in [1.807, 2.05) is 0 Å². The van der Waals surface area contributed by atoms with Crippen LogP contribution in [0, 0.1) is 5.92 Å². The number of hydrogen-bond acceptors (Lipinski definition) is 3. The van der Waals surface area contributed by atoms with E-state index in [9.17, 15) is 5.11 Å². The maximum Gasteiger partial charge on any atom is 0.112 e. The molecular formula is C24H29NO2. The van der Waals surface area contributed by atoms with E-state index in [-0.39, 0.29) is 18.9 Å². The Balaban J connectivity index is 1.57. The predicted molar refractivity (Wildman–Crippen MR) is 106 cm³/mol. The largest absolute Gasteiger partial charge is 0.396 e. The van der Waals surface area contributed by atoms with Gasteiger partial charge >= 0.3 is 0 Å². The fraction of sp³-hybridized carbons (Fsp3) is 0.500. The summed E-state index contributed by atoms with van der Waals surface area (Å²) < 4.78 is 6.60. The van der Waals surface area contributed by atoms with Gasteiger partial charge in [0.2, 0.25) is 0 Å². The molecule has 3 heteroatoms. The molecule has 5 atom stereocenters. The first kappa shape index (κ1) is 17.4. The van der Waals surface area contributed by atoms with Crippen molar-refractivity contribution in [3.63, 3.8) is 0 Å². The molecule has 3 nitrogen and oxygen atoms in total. The molecule has 27 heavy (non-hydrogen) atoms. The zero-order valence-corrected chi connectivity index (χ0v) is 16.1. The topological polar surface area (TPSA) is 32.7 Å². The maximum atomic E-state index is 9.88. The Hall–Kier alpha value is -1.68. The molecule has 2 aromatic rings. The fourth-order valence-electron chi connectivity index (χ4n) is 5.66. The van der Waals surface area contributed by atoms with Gasteiger partial charge in [-0.05, 0) is 47.4 Å². The molecule has 0 bridgehead atoms. The molecule has 0 amide bonds. The minimum atomic E-state index is 0.124. The van der Waals surface area contributed by atoms with E-state index in [1.54, 1.807) is 0 Å². The fourth-order valence-corrected chi connectivity index (χ4v) is 5.66. The third-order valence-electron chi connectivity index (χ3n) is 6.75. The van der Waals surface area contributed by atoms with Crippen molar-refractivity contribution in [2.45, 2.75) is 63.4 Å². The number of aryl methyl sites for hydroxylation is 1. The lowest BCUT2D eigenvalue weighted by molar-refractivity contribution is -0.0691. The lowest BCUT2D eigenvalue weighted by Gasteiger charge is -2.43. The second-order valence-electron chi connectivity index (χ2n) is 8.41. The standard InChI is InChI=1S/C24H29NO2/c1-2-7-18-10-6-11-19-14-21-24(23(18)19)25-20(17-8-4-3-5-9-17)12-16(15-26)13-22(25)27-21/h3-6,8-11,16,20-22,24,26H,2,7,12-15H2,1H3/t16-,20+,21-,22-,24-/m1/s1. The van der Waals surface area contributed by atoms with Gasteiger partial charge < -0.3 is 9.84 Å². The van der Waals surface area contributed by atoms with Crippen LogP contribution in [0.5, 0.6) is 0 Å². The molecule has 0 saturated carbocycles. The zero-order valence-electron chi connectivity index (χ0n) is 16.1. The molecule has 3 aliphatic rings. The first-order valence-corrected chi connectivity index (χ1v) is 10.5. The number of ether oxygens (including phenoxy) is 1. The van der Waals surface area contributed by atoms with Crippen molar-refractivity contribution in [3.8, 4) is 0 Å². The number of nitrogens with zero attached hydrogens (tertiary/aromatic N) is 1. The highest BCUT2D eigenvalue weighted by Gasteiger charge is 2.53. The minimum absolute atomic E-state index is 0.124. The number of aliphatic hydroxyl groups is 1. The first-order valence-electron chi connectivity index (χ1n) is 10.5. The van der Waals surface area contributed by atoms with Gasteiger partial charge in [-0.25, -0.2) is 0 Å². The van der Waals surface area contributed by atoms with Crippen LogP contribution in [0.15, 0.2) is 48.5 Å². The summed E-state index contributed by atoms with van der Waals surface area (Å²) in [5, 5.41) is 9.88. The maximum absolute atomic E-state index is 9.88. The Morgan fingerprint density at radius 2 is 1.93 bits per heavy atom. The van der Waals surface area contributed by atoms with Gasteiger partial charge in [0, 0.05) is 19.1 Å². The van der Waals surface area contributed by atoms with E-state index in [4.69, 9.17) is 4.74 Å². The number of benzene rings is 2. The van der Waals surface area contributed by atoms with Gasteiger partial charge in [-0.15, -0.1) is 0 Å². The van der Waals surface area contributed by atoms with Gasteiger partial charge in [0.15, 0.2) is 0 Å². The molecule has 1 aliphatic carbocycles. The van der Waals surface area contributed by atoms with Gasteiger partial charge in [0.25, 0.3) is 0 Å². The normalized spacial score (nSPS) is 32.1. The van der Waals surface area contributed by atoms with E-state index in [1.165, 1.54) is 28.7 Å². The molecule has 1 N–H and O–H groups in total. The van der Waals surface area contributed by atoms with Crippen molar-refractivity contribution in [2.75, 3.05) is 6.61 Å². The zero-order chi connectivity index (χ0) is 18.4. The predicted octanol–water partition coefficient (Wildman–Crippen LogP) is 4.41. The summed E-state index contributed by atoms with van der Waals surface area (Å²) in [6, 6.07) is 18.3. The highest BCUT2D eigenvalue weighted by Crippen LogP contribution is 2.53. The van der Waals surface area contributed by atoms with Gasteiger partial charge in [-0.2, -0.15) is 0 Å². The quantitative estimate of drug-likeness (QED) is 0.873. The smallest absolute Gasteiger partial charge is 0.112 e. The van der Waals surface area contributed by atoms with Crippen LogP contribution >= 0.6 is 0 Å². The summed E-state index contributed by atoms with van der Waals surface area (Å²) >= 11 is 0. The average molecular weight is 364 g/mol. The summed E-state index contributed by atoms with van der Waals surface area (Å²) in [6.07, 6.45) is 5.67. The van der Waals surface area contributed by atoms with E-state index in [2.05, 4.69) is 60.4 Å². The Bertz CT molecular complexity index is 805. The Morgan fingerprint density at radius 1 is 1.07 bits per heavy atom. The van der Waals surface area contributed by atoms with Crippen LogP contribution in [0.1, 0.15) is 60.5 Å². The lowest BCUT2D eigenvalue weighted by atomic mass is 9.85. The van der Waals surface area contributed by atoms with Crippen molar-refractivity contribution in [3.05, 3.63) is 70.8 Å². The summed E-state index contributed by atoms with van der Waals surface area (Å²) in [7, 11) is 0. The molecule has 0 aromatic heterocycles. The molecule has 2 heterocycles. The third kappa shape index (κ3) is 2.84. The molecule has 142 valence electrons. The second-order valence-corrected chi connectivity index (χ2v) is 8.41. The molecule has 0 unspecified atom stereocenters. The van der Waals surface area contributed by atoms with Crippen molar-refractivity contribution >= 4 is 0 Å². The average Bonchev–Trinajstić information content (AvgIpc) is 3.23. The van der Waals surface area contributed by atoms with Gasteiger partial charge in [0.05, 0.1) is 12.1 Å². The van der Waals surface area contributed by atoms with E-state index < -0.39 is 0 Å². The van der Waals surface area contributed by atoms with Crippen LogP contribution in [0.3, 0.4) is 0 Å². The van der Waals surface area contributed by atoms with Crippen LogP contribution < -0.4 is 0 Å². The monoisotopic (exact) mass is 363 g/mol. The molecule has 0 radical (unpaired) electrons. The summed E-state index contributed by atoms with van der Waals surface area (Å²) in [4.78, 5) is 2.65. The number of piperidine rings is 1. The first-order chi connectivity index (χ1) is 13.3. The van der Waals surface area contributed by atoms with Gasteiger partial charge in [0.1, 0.15) is 6.23 Å². The van der Waals surface area contributed by atoms with E-state index in [0.29, 0.717) is 18.0 Å². The van der Waals surface area contributed by atoms with Gasteiger partial charge in [-0.1, -0.05) is 61.9 Å². The molecule has 2 saturated heterocycles. The number of hydrogen-bond donors (Lipinski definition) is 1. The van der Waals surface area contributed by atoms with E-state index >= 15 is 0 Å². The van der Waals surface area contributed by atoms with Gasteiger partial charge in [-0.3, -0.25) is 4.90 Å². The number of aliphatic hydroxyl groups excluding tert-OH is 1. The molecule has 0 spiro atoms. The SMILES string of the molecule is CCCc1cccc2c1[C@H]1[C@@H](C2)O[C@@H]2C[C@H](CO)C[C@@H](c3ccccc3)N21. The van der Waals surface area contributed by atoms with Crippen LogP contribution in [0.4, 0.5) is 0 Å². The molecule has 2 aliphatic heterocycles. The second kappa shape index (κ2) is 7.05. The summed E-state index contributed by atoms with van der Waals surface area (Å²) in [5.74, 6) is 0.320. The van der Waals surface area contributed by atoms with Crippen LogP contribution in [-0.2, 0) is 17.6 Å². The summed E-state index contributed by atoms with van der Waals surface area (Å²) in [5.41, 5.74) is 5.87. The molecule has 2 aromatic carbocycles. The Morgan fingerprint density at radius 3 is 2.70 bits per heavy atom. The third-order valence-corrected chi connectivity index (χ3v) is 6.75. The number of rotatable bonds is 4. The Labute approximate surface area is 162 Å². The van der Waals surface area contributed by atoms with E-state index in [0.717, 1.165) is 25.7 Å². The van der Waals surface area contributed by atoms with Crippen LogP contribution in [-0.4, -0.2) is 28.9 Å². The number of fused-ring (bicyclic) bond motifs is 5.